The Morgan fingerprint density at radius 2 is 2.07 bits per heavy atom. The van der Waals surface area contributed by atoms with Crippen molar-refractivity contribution in [1.82, 2.24) is 5.16 Å². The van der Waals surface area contributed by atoms with Crippen molar-refractivity contribution in [3.8, 4) is 17.0 Å². The van der Waals surface area contributed by atoms with Crippen LogP contribution in [0.4, 0.5) is 5.88 Å². The summed E-state index contributed by atoms with van der Waals surface area (Å²) in [4.78, 5) is 0. The van der Waals surface area contributed by atoms with E-state index in [0.29, 0.717) is 11.3 Å². The van der Waals surface area contributed by atoms with Crippen LogP contribution < -0.4 is 5.73 Å². The van der Waals surface area contributed by atoms with E-state index in [1.165, 1.54) is 0 Å². The second-order valence-corrected chi connectivity index (χ2v) is 3.52. The normalized spacial score (nSPS) is 10.5. The topological polar surface area (TPSA) is 72.3 Å². The van der Waals surface area contributed by atoms with Crippen LogP contribution in [0.25, 0.3) is 11.3 Å². The van der Waals surface area contributed by atoms with Gasteiger partial charge in [0, 0.05) is 11.6 Å². The Bertz CT molecular complexity index is 503. The second-order valence-electron chi connectivity index (χ2n) is 3.52. The molecule has 4 heteroatoms. The molecule has 4 nitrogen and oxygen atoms in total. The molecule has 2 rings (SSSR count). The lowest BCUT2D eigenvalue weighted by atomic mass is 10.00. The third-order valence-electron chi connectivity index (χ3n) is 2.50. The average Bonchev–Trinajstić information content (AvgIpc) is 2.59. The van der Waals surface area contributed by atoms with Gasteiger partial charge in [0.05, 0.1) is 0 Å². The summed E-state index contributed by atoms with van der Waals surface area (Å²) in [5.41, 5.74) is 8.74. The van der Waals surface area contributed by atoms with Gasteiger partial charge < -0.3 is 15.4 Å². The molecule has 15 heavy (non-hydrogen) atoms. The molecule has 2 aromatic rings. The largest absolute Gasteiger partial charge is 0.507 e. The predicted molar refractivity (Wildman–Crippen MR) is 57.5 cm³/mol. The fourth-order valence-electron chi connectivity index (χ4n) is 1.53. The van der Waals surface area contributed by atoms with E-state index in [4.69, 9.17) is 10.3 Å². The maximum absolute atomic E-state index is 9.76. The first-order valence-corrected chi connectivity index (χ1v) is 4.61. The van der Waals surface area contributed by atoms with E-state index in [-0.39, 0.29) is 11.6 Å². The number of rotatable bonds is 1. The number of hydrogen-bond donors (Lipinski definition) is 2. The van der Waals surface area contributed by atoms with Gasteiger partial charge in [-0.3, -0.25) is 0 Å². The standard InChI is InChI=1S/C11H12N2O2/c1-6-3-4-9(14)11(7(6)2)8-5-10(12)15-13-8/h3-5,14H,12H2,1-2H3. The molecule has 0 aliphatic heterocycles. The minimum absolute atomic E-state index is 0.186. The molecular weight excluding hydrogens is 192 g/mol. The molecule has 0 saturated heterocycles. The number of hydrogen-bond acceptors (Lipinski definition) is 4. The summed E-state index contributed by atoms with van der Waals surface area (Å²) < 4.78 is 4.79. The lowest BCUT2D eigenvalue weighted by Gasteiger charge is -2.07. The molecule has 1 heterocycles. The van der Waals surface area contributed by atoms with Crippen LogP contribution in [0.1, 0.15) is 11.1 Å². The molecule has 0 amide bonds. The SMILES string of the molecule is Cc1ccc(O)c(-c2cc(N)on2)c1C. The van der Waals surface area contributed by atoms with Crippen LogP contribution in [-0.2, 0) is 0 Å². The number of nitrogens with zero attached hydrogens (tertiary/aromatic N) is 1. The number of nitrogen functional groups attached to an aromatic ring is 1. The van der Waals surface area contributed by atoms with Crippen LogP contribution in [0.5, 0.6) is 5.75 Å². The van der Waals surface area contributed by atoms with E-state index < -0.39 is 0 Å². The summed E-state index contributed by atoms with van der Waals surface area (Å²) in [6, 6.07) is 5.10. The molecule has 78 valence electrons. The Morgan fingerprint density at radius 3 is 2.67 bits per heavy atom. The van der Waals surface area contributed by atoms with E-state index in [2.05, 4.69) is 5.16 Å². The number of anilines is 1. The highest BCUT2D eigenvalue weighted by atomic mass is 16.5. The maximum atomic E-state index is 9.76. The molecule has 0 aliphatic carbocycles. The molecule has 0 radical (unpaired) electrons. The zero-order valence-corrected chi connectivity index (χ0v) is 8.61. The van der Waals surface area contributed by atoms with Crippen LogP contribution in [-0.4, -0.2) is 10.3 Å². The van der Waals surface area contributed by atoms with Gasteiger partial charge in [-0.25, -0.2) is 0 Å². The molecule has 0 atom stereocenters. The zero-order valence-electron chi connectivity index (χ0n) is 8.61. The Kier molecular flexibility index (Phi) is 2.11. The third kappa shape index (κ3) is 1.54. The van der Waals surface area contributed by atoms with Gasteiger partial charge in [0.25, 0.3) is 0 Å². The maximum Gasteiger partial charge on any atom is 0.222 e. The molecule has 0 saturated carbocycles. The van der Waals surface area contributed by atoms with Gasteiger partial charge >= 0.3 is 0 Å². The summed E-state index contributed by atoms with van der Waals surface area (Å²) in [5.74, 6) is 0.428. The lowest BCUT2D eigenvalue weighted by molar-refractivity contribution is 0.437. The van der Waals surface area contributed by atoms with Crippen LogP contribution in [0.2, 0.25) is 0 Å². The summed E-state index contributed by atoms with van der Waals surface area (Å²) in [5, 5.41) is 13.5. The second kappa shape index (κ2) is 3.31. The average molecular weight is 204 g/mol. The van der Waals surface area contributed by atoms with Crippen molar-refractivity contribution in [2.45, 2.75) is 13.8 Å². The number of aryl methyl sites for hydroxylation is 1. The Hall–Kier alpha value is -1.97. The van der Waals surface area contributed by atoms with Crippen molar-refractivity contribution in [2.24, 2.45) is 0 Å². The molecule has 1 aromatic carbocycles. The monoisotopic (exact) mass is 204 g/mol. The fourth-order valence-corrected chi connectivity index (χ4v) is 1.53. The van der Waals surface area contributed by atoms with Gasteiger partial charge in [-0.05, 0) is 31.0 Å². The zero-order chi connectivity index (χ0) is 11.0. The molecular formula is C11H12N2O2. The number of phenols is 1. The van der Waals surface area contributed by atoms with Crippen LogP contribution in [0.3, 0.4) is 0 Å². The van der Waals surface area contributed by atoms with Crippen molar-refractivity contribution >= 4 is 5.88 Å². The van der Waals surface area contributed by atoms with Gasteiger partial charge in [0.2, 0.25) is 5.88 Å². The molecule has 0 aliphatic rings. The molecule has 1 aromatic heterocycles. The highest BCUT2D eigenvalue weighted by molar-refractivity contribution is 5.72. The summed E-state index contributed by atoms with van der Waals surface area (Å²) in [6.07, 6.45) is 0. The van der Waals surface area contributed by atoms with Gasteiger partial charge in [0.1, 0.15) is 11.4 Å². The fraction of sp³-hybridized carbons (Fsp3) is 0.182. The van der Waals surface area contributed by atoms with Gasteiger partial charge in [-0.1, -0.05) is 11.2 Å². The number of benzene rings is 1. The van der Waals surface area contributed by atoms with Gasteiger partial charge in [0.15, 0.2) is 0 Å². The van der Waals surface area contributed by atoms with Crippen molar-refractivity contribution in [2.75, 3.05) is 5.73 Å². The Labute approximate surface area is 87.3 Å². The summed E-state index contributed by atoms with van der Waals surface area (Å²) in [7, 11) is 0. The lowest BCUT2D eigenvalue weighted by Crippen LogP contribution is -1.88. The molecule has 0 unspecified atom stereocenters. The highest BCUT2D eigenvalue weighted by Crippen LogP contribution is 2.33. The van der Waals surface area contributed by atoms with E-state index in [1.54, 1.807) is 12.1 Å². The van der Waals surface area contributed by atoms with E-state index in [0.717, 1.165) is 11.1 Å². The van der Waals surface area contributed by atoms with Gasteiger partial charge in [-0.15, -0.1) is 0 Å². The first-order chi connectivity index (χ1) is 7.09. The smallest absolute Gasteiger partial charge is 0.222 e. The minimum atomic E-state index is 0.186. The predicted octanol–water partition coefficient (Wildman–Crippen LogP) is 2.25. The van der Waals surface area contributed by atoms with E-state index >= 15 is 0 Å². The minimum Gasteiger partial charge on any atom is -0.507 e. The van der Waals surface area contributed by atoms with E-state index in [9.17, 15) is 5.11 Å². The molecule has 0 bridgehead atoms. The Balaban J connectivity index is 2.66. The van der Waals surface area contributed by atoms with Crippen molar-refractivity contribution in [1.29, 1.82) is 0 Å². The summed E-state index contributed by atoms with van der Waals surface area (Å²) >= 11 is 0. The van der Waals surface area contributed by atoms with Crippen molar-refractivity contribution in [3.05, 3.63) is 29.3 Å². The number of aromatic nitrogens is 1. The Morgan fingerprint density at radius 1 is 1.33 bits per heavy atom. The van der Waals surface area contributed by atoms with Crippen molar-refractivity contribution < 1.29 is 9.63 Å². The number of phenolic OH excluding ortho intramolecular Hbond substituents is 1. The number of aromatic hydroxyl groups is 1. The van der Waals surface area contributed by atoms with Crippen molar-refractivity contribution in [3.63, 3.8) is 0 Å². The first kappa shape index (κ1) is 9.58. The number of nitrogens with two attached hydrogens (primary N) is 1. The summed E-state index contributed by atoms with van der Waals surface area (Å²) in [6.45, 7) is 3.90. The molecule has 0 spiro atoms. The molecule has 0 fully saturated rings. The van der Waals surface area contributed by atoms with Crippen LogP contribution >= 0.6 is 0 Å². The van der Waals surface area contributed by atoms with Crippen LogP contribution in [0.15, 0.2) is 22.7 Å². The van der Waals surface area contributed by atoms with Crippen LogP contribution in [0, 0.1) is 13.8 Å². The first-order valence-electron chi connectivity index (χ1n) is 4.61. The highest BCUT2D eigenvalue weighted by Gasteiger charge is 2.13. The van der Waals surface area contributed by atoms with Gasteiger partial charge in [-0.2, -0.15) is 0 Å². The van der Waals surface area contributed by atoms with E-state index in [1.807, 2.05) is 19.9 Å². The quantitative estimate of drug-likeness (QED) is 0.747. The molecule has 3 N–H and O–H groups in total. The third-order valence-corrected chi connectivity index (χ3v) is 2.50.